The molecule has 0 amide bonds. The molecule has 1 aliphatic heterocycles. The Balaban J connectivity index is 1.57. The van der Waals surface area contributed by atoms with Gasteiger partial charge in [-0.1, -0.05) is 36.4 Å². The number of hydrogen-bond acceptors (Lipinski definition) is 6. The van der Waals surface area contributed by atoms with E-state index < -0.39 is 0 Å². The molecule has 4 rings (SSSR count). The lowest BCUT2D eigenvalue weighted by Gasteiger charge is -2.35. The molecule has 28 heavy (non-hydrogen) atoms. The predicted octanol–water partition coefficient (Wildman–Crippen LogP) is 3.69. The van der Waals surface area contributed by atoms with Gasteiger partial charge in [0.2, 0.25) is 5.95 Å². The number of aromatic nitrogens is 3. The molecule has 0 bridgehead atoms. The van der Waals surface area contributed by atoms with Crippen molar-refractivity contribution in [1.82, 2.24) is 15.0 Å². The fraction of sp³-hybridized carbons (Fsp3) is 0.318. The van der Waals surface area contributed by atoms with Crippen LogP contribution < -0.4 is 15.1 Å². The van der Waals surface area contributed by atoms with Crippen molar-refractivity contribution in [1.29, 1.82) is 0 Å². The monoisotopic (exact) mass is 374 g/mol. The lowest BCUT2D eigenvalue weighted by molar-refractivity contribution is 0.635. The van der Waals surface area contributed by atoms with Crippen LogP contribution in [0.3, 0.4) is 0 Å². The van der Waals surface area contributed by atoms with E-state index in [4.69, 9.17) is 9.97 Å². The first kappa shape index (κ1) is 18.2. The molecule has 0 unspecified atom stereocenters. The summed E-state index contributed by atoms with van der Waals surface area (Å²) in [5.41, 5.74) is 2.05. The van der Waals surface area contributed by atoms with Gasteiger partial charge in [0.05, 0.1) is 5.69 Å². The highest BCUT2D eigenvalue weighted by atomic mass is 15.3. The summed E-state index contributed by atoms with van der Waals surface area (Å²) in [5.74, 6) is 2.68. The van der Waals surface area contributed by atoms with E-state index in [1.165, 1.54) is 0 Å². The highest BCUT2D eigenvalue weighted by molar-refractivity contribution is 5.64. The second kappa shape index (κ2) is 8.25. The van der Waals surface area contributed by atoms with Crippen LogP contribution in [0.25, 0.3) is 11.3 Å². The van der Waals surface area contributed by atoms with E-state index in [9.17, 15) is 0 Å². The van der Waals surface area contributed by atoms with Crippen LogP contribution in [0.5, 0.6) is 0 Å². The summed E-state index contributed by atoms with van der Waals surface area (Å²) in [4.78, 5) is 18.7. The van der Waals surface area contributed by atoms with Crippen molar-refractivity contribution in [2.45, 2.75) is 19.9 Å². The summed E-state index contributed by atoms with van der Waals surface area (Å²) in [6.45, 7) is 7.79. The highest BCUT2D eigenvalue weighted by Crippen LogP contribution is 2.24. The number of rotatable bonds is 5. The summed E-state index contributed by atoms with van der Waals surface area (Å²) in [6.07, 6.45) is 1.85. The molecular formula is C22H26N6. The molecule has 3 aromatic rings. The van der Waals surface area contributed by atoms with Crippen LogP contribution in [-0.4, -0.2) is 47.2 Å². The topological polar surface area (TPSA) is 57.2 Å². The Kier molecular flexibility index (Phi) is 5.37. The predicted molar refractivity (Wildman–Crippen MR) is 115 cm³/mol. The quantitative estimate of drug-likeness (QED) is 0.735. The summed E-state index contributed by atoms with van der Waals surface area (Å²) in [6, 6.07) is 18.7. The van der Waals surface area contributed by atoms with E-state index in [1.54, 1.807) is 0 Å². The van der Waals surface area contributed by atoms with Crippen molar-refractivity contribution in [3.63, 3.8) is 0 Å². The summed E-state index contributed by atoms with van der Waals surface area (Å²) < 4.78 is 0. The normalized spacial score (nSPS) is 14.4. The molecule has 0 saturated carbocycles. The molecule has 0 atom stereocenters. The van der Waals surface area contributed by atoms with Crippen LogP contribution in [0.1, 0.15) is 13.8 Å². The zero-order chi connectivity index (χ0) is 19.3. The Hall–Kier alpha value is -3.15. The van der Waals surface area contributed by atoms with Gasteiger partial charge in [-0.15, -0.1) is 0 Å². The molecule has 0 radical (unpaired) electrons. The molecular weight excluding hydrogens is 348 g/mol. The third-order valence-electron chi connectivity index (χ3n) is 4.76. The Bertz CT molecular complexity index is 889. The van der Waals surface area contributed by atoms with Gasteiger partial charge in [0, 0.05) is 50.0 Å². The van der Waals surface area contributed by atoms with E-state index in [2.05, 4.69) is 52.1 Å². The maximum absolute atomic E-state index is 4.87. The number of hydrogen-bond donors (Lipinski definition) is 1. The second-order valence-electron chi connectivity index (χ2n) is 7.27. The third-order valence-corrected chi connectivity index (χ3v) is 4.76. The average molecular weight is 374 g/mol. The van der Waals surface area contributed by atoms with Crippen molar-refractivity contribution in [2.24, 2.45) is 0 Å². The van der Waals surface area contributed by atoms with Gasteiger partial charge in [0.15, 0.2) is 0 Å². The molecule has 1 fully saturated rings. The minimum atomic E-state index is 0.312. The molecule has 1 saturated heterocycles. The maximum atomic E-state index is 4.87. The van der Waals surface area contributed by atoms with Crippen molar-refractivity contribution in [2.75, 3.05) is 41.3 Å². The highest BCUT2D eigenvalue weighted by Gasteiger charge is 2.21. The van der Waals surface area contributed by atoms with Gasteiger partial charge in [-0.05, 0) is 26.0 Å². The van der Waals surface area contributed by atoms with Gasteiger partial charge in [-0.2, -0.15) is 4.98 Å². The first-order valence-corrected chi connectivity index (χ1v) is 9.81. The van der Waals surface area contributed by atoms with Crippen molar-refractivity contribution >= 4 is 17.6 Å². The molecule has 6 heteroatoms. The third kappa shape index (κ3) is 4.22. The minimum absolute atomic E-state index is 0.312. The minimum Gasteiger partial charge on any atom is -0.368 e. The number of nitrogens with one attached hydrogen (secondary N) is 1. The average Bonchev–Trinajstić information content (AvgIpc) is 2.74. The zero-order valence-electron chi connectivity index (χ0n) is 16.4. The second-order valence-corrected chi connectivity index (χ2v) is 7.27. The molecule has 0 spiro atoms. The van der Waals surface area contributed by atoms with Crippen LogP contribution in [0.15, 0.2) is 60.8 Å². The van der Waals surface area contributed by atoms with Gasteiger partial charge in [0.25, 0.3) is 0 Å². The van der Waals surface area contributed by atoms with Crippen LogP contribution >= 0.6 is 0 Å². The molecule has 144 valence electrons. The SMILES string of the molecule is CC(C)Nc1cc(-c2ccccc2)nc(N2CCN(c3ccccn3)CC2)n1. The summed E-state index contributed by atoms with van der Waals surface area (Å²) in [5, 5.41) is 3.43. The largest absolute Gasteiger partial charge is 0.368 e. The number of anilines is 3. The number of nitrogens with zero attached hydrogens (tertiary/aromatic N) is 5. The molecule has 1 aromatic carbocycles. The standard InChI is InChI=1S/C22H26N6/c1-17(2)24-20-16-19(18-8-4-3-5-9-18)25-22(26-20)28-14-12-27(13-15-28)21-10-6-7-11-23-21/h3-11,16-17H,12-15H2,1-2H3,(H,24,25,26). The molecule has 0 aliphatic carbocycles. The van der Waals surface area contributed by atoms with Crippen LogP contribution in [0, 0.1) is 0 Å². The van der Waals surface area contributed by atoms with E-state index in [1.807, 2.05) is 42.6 Å². The Morgan fingerprint density at radius 1 is 0.857 bits per heavy atom. The van der Waals surface area contributed by atoms with Crippen LogP contribution in [-0.2, 0) is 0 Å². The van der Waals surface area contributed by atoms with Crippen molar-refractivity contribution in [3.8, 4) is 11.3 Å². The van der Waals surface area contributed by atoms with Gasteiger partial charge < -0.3 is 15.1 Å². The van der Waals surface area contributed by atoms with Gasteiger partial charge in [-0.25, -0.2) is 9.97 Å². The van der Waals surface area contributed by atoms with E-state index in [0.717, 1.165) is 55.0 Å². The number of benzene rings is 1. The van der Waals surface area contributed by atoms with E-state index >= 15 is 0 Å². The van der Waals surface area contributed by atoms with Crippen molar-refractivity contribution < 1.29 is 0 Å². The smallest absolute Gasteiger partial charge is 0.227 e. The van der Waals surface area contributed by atoms with Gasteiger partial charge in [-0.3, -0.25) is 0 Å². The zero-order valence-corrected chi connectivity index (χ0v) is 16.4. The molecule has 3 heterocycles. The molecule has 1 aliphatic rings. The van der Waals surface area contributed by atoms with Gasteiger partial charge >= 0.3 is 0 Å². The van der Waals surface area contributed by atoms with Crippen LogP contribution in [0.2, 0.25) is 0 Å². The van der Waals surface area contributed by atoms with Crippen molar-refractivity contribution in [3.05, 3.63) is 60.8 Å². The summed E-state index contributed by atoms with van der Waals surface area (Å²) >= 11 is 0. The first-order chi connectivity index (χ1) is 13.7. The van der Waals surface area contributed by atoms with Crippen LogP contribution in [0.4, 0.5) is 17.6 Å². The maximum Gasteiger partial charge on any atom is 0.227 e. The Morgan fingerprint density at radius 3 is 2.25 bits per heavy atom. The lowest BCUT2D eigenvalue weighted by Crippen LogP contribution is -2.47. The van der Waals surface area contributed by atoms with E-state index in [-0.39, 0.29) is 0 Å². The fourth-order valence-corrected chi connectivity index (χ4v) is 3.38. The van der Waals surface area contributed by atoms with E-state index in [0.29, 0.717) is 6.04 Å². The molecule has 2 aromatic heterocycles. The lowest BCUT2D eigenvalue weighted by atomic mass is 10.1. The summed E-state index contributed by atoms with van der Waals surface area (Å²) in [7, 11) is 0. The van der Waals surface area contributed by atoms with Gasteiger partial charge in [0.1, 0.15) is 11.6 Å². The molecule has 1 N–H and O–H groups in total. The Labute approximate surface area is 166 Å². The number of pyridine rings is 1. The first-order valence-electron chi connectivity index (χ1n) is 9.81. The molecule has 6 nitrogen and oxygen atoms in total. The Morgan fingerprint density at radius 2 is 1.57 bits per heavy atom. The number of piperazine rings is 1. The fourth-order valence-electron chi connectivity index (χ4n) is 3.38.